The molecule has 2 aliphatic heterocycles. The van der Waals surface area contributed by atoms with E-state index in [1.54, 1.807) is 16.8 Å². The van der Waals surface area contributed by atoms with Crippen LogP contribution in [0.15, 0.2) is 36.5 Å². The number of amides is 2. The van der Waals surface area contributed by atoms with Crippen molar-refractivity contribution in [3.8, 4) is 0 Å². The summed E-state index contributed by atoms with van der Waals surface area (Å²) >= 11 is 12.3. The fourth-order valence-electron chi connectivity index (χ4n) is 4.31. The van der Waals surface area contributed by atoms with Crippen LogP contribution in [0.4, 0.5) is 16.4 Å². The molecule has 2 saturated heterocycles. The molecule has 0 spiro atoms. The first-order valence-electron chi connectivity index (χ1n) is 10.9. The number of aromatic nitrogens is 3. The zero-order valence-electron chi connectivity index (χ0n) is 17.6. The van der Waals surface area contributed by atoms with E-state index in [4.69, 9.17) is 28.2 Å². The van der Waals surface area contributed by atoms with Gasteiger partial charge in [-0.05, 0) is 37.0 Å². The van der Waals surface area contributed by atoms with Crippen molar-refractivity contribution in [2.75, 3.05) is 36.4 Å². The molecule has 0 aliphatic carbocycles. The molecule has 32 heavy (non-hydrogen) atoms. The lowest BCUT2D eigenvalue weighted by molar-refractivity contribution is 0.205. The fourth-order valence-corrected chi connectivity index (χ4v) is 4.79. The van der Waals surface area contributed by atoms with Crippen LogP contribution in [0.1, 0.15) is 24.8 Å². The van der Waals surface area contributed by atoms with E-state index < -0.39 is 0 Å². The van der Waals surface area contributed by atoms with Crippen molar-refractivity contribution in [2.24, 2.45) is 0 Å². The normalized spacial score (nSPS) is 18.5. The molecule has 2 N–H and O–H groups in total. The van der Waals surface area contributed by atoms with E-state index in [-0.39, 0.29) is 12.1 Å². The van der Waals surface area contributed by atoms with E-state index in [9.17, 15) is 4.79 Å². The summed E-state index contributed by atoms with van der Waals surface area (Å²) in [5.74, 6) is 1.69. The number of urea groups is 1. The third kappa shape index (κ3) is 4.42. The molecule has 0 radical (unpaired) electrons. The average molecular weight is 474 g/mol. The van der Waals surface area contributed by atoms with Crippen molar-refractivity contribution in [2.45, 2.75) is 31.8 Å². The predicted octanol–water partition coefficient (Wildman–Crippen LogP) is 4.03. The van der Waals surface area contributed by atoms with Gasteiger partial charge in [0.15, 0.2) is 5.65 Å². The van der Waals surface area contributed by atoms with E-state index in [0.29, 0.717) is 16.6 Å². The summed E-state index contributed by atoms with van der Waals surface area (Å²) in [6, 6.07) is 9.52. The minimum atomic E-state index is 0.0516. The Balaban J connectivity index is 1.30. The first kappa shape index (κ1) is 21.2. The van der Waals surface area contributed by atoms with Gasteiger partial charge in [-0.15, -0.1) is 0 Å². The van der Waals surface area contributed by atoms with E-state index in [0.717, 1.165) is 68.3 Å². The van der Waals surface area contributed by atoms with Crippen LogP contribution in [-0.4, -0.2) is 57.7 Å². The van der Waals surface area contributed by atoms with Gasteiger partial charge in [-0.3, -0.25) is 0 Å². The largest absolute Gasteiger partial charge is 0.366 e. The number of benzene rings is 1. The molecular formula is C22H25Cl2N7O. The summed E-state index contributed by atoms with van der Waals surface area (Å²) in [4.78, 5) is 21.3. The molecule has 5 rings (SSSR count). The fraction of sp³-hybridized carbons (Fsp3) is 0.409. The molecule has 1 atom stereocenters. The Kier molecular flexibility index (Phi) is 5.97. The maximum absolute atomic E-state index is 12.4. The number of hydrogen-bond donors (Lipinski definition) is 2. The zero-order chi connectivity index (χ0) is 22.1. The number of fused-ring (bicyclic) bond motifs is 1. The smallest absolute Gasteiger partial charge is 0.317 e. The topological polar surface area (TPSA) is 77.8 Å². The van der Waals surface area contributed by atoms with Crippen LogP contribution >= 0.6 is 23.2 Å². The molecule has 10 heteroatoms. The lowest BCUT2D eigenvalue weighted by Crippen LogP contribution is -2.44. The number of rotatable bonds is 5. The second kappa shape index (κ2) is 9.03. The zero-order valence-corrected chi connectivity index (χ0v) is 19.1. The SMILES string of the molecule is O=C(N[C@@H]1CCN(c2cc(NCc3ccc(Cl)cc3Cl)n3nccc3n2)C1)N1CCCC1. The minimum absolute atomic E-state index is 0.0516. The highest BCUT2D eigenvalue weighted by molar-refractivity contribution is 6.35. The Labute approximate surface area is 196 Å². The summed E-state index contributed by atoms with van der Waals surface area (Å²) in [5, 5.41) is 12.2. The molecule has 3 aromatic rings. The van der Waals surface area contributed by atoms with Crippen molar-refractivity contribution < 1.29 is 4.79 Å². The summed E-state index contributed by atoms with van der Waals surface area (Å²) in [5.41, 5.74) is 1.71. The molecule has 2 amide bonds. The van der Waals surface area contributed by atoms with Gasteiger partial charge in [0, 0.05) is 60.9 Å². The van der Waals surface area contributed by atoms with Crippen LogP contribution in [0.25, 0.3) is 5.65 Å². The van der Waals surface area contributed by atoms with Crippen molar-refractivity contribution >= 4 is 46.5 Å². The van der Waals surface area contributed by atoms with Gasteiger partial charge in [0.25, 0.3) is 0 Å². The van der Waals surface area contributed by atoms with Crippen LogP contribution in [0, 0.1) is 0 Å². The van der Waals surface area contributed by atoms with Crippen LogP contribution in [0.5, 0.6) is 0 Å². The van der Waals surface area contributed by atoms with Gasteiger partial charge in [0.1, 0.15) is 11.6 Å². The molecule has 0 saturated carbocycles. The predicted molar refractivity (Wildman–Crippen MR) is 127 cm³/mol. The molecule has 0 unspecified atom stereocenters. The standard InChI is InChI=1S/C22H25Cl2N7O/c23-16-4-3-15(18(24)11-16)13-25-20-12-21(28-19-5-7-26-31(19)20)30-10-6-17(14-30)27-22(32)29-8-1-2-9-29/h3-5,7,11-12,17,25H,1-2,6,8-10,13-14H2,(H,27,32)/t17-/m1/s1. The van der Waals surface area contributed by atoms with Crippen LogP contribution in [-0.2, 0) is 6.54 Å². The number of anilines is 2. The van der Waals surface area contributed by atoms with Gasteiger partial charge in [-0.1, -0.05) is 29.3 Å². The summed E-state index contributed by atoms with van der Waals surface area (Å²) in [6.45, 7) is 3.82. The summed E-state index contributed by atoms with van der Waals surface area (Å²) < 4.78 is 1.77. The molecule has 2 fully saturated rings. The van der Waals surface area contributed by atoms with E-state index in [2.05, 4.69) is 20.6 Å². The Hall–Kier alpha value is -2.71. The van der Waals surface area contributed by atoms with Crippen molar-refractivity contribution in [1.82, 2.24) is 24.8 Å². The molecule has 8 nitrogen and oxygen atoms in total. The van der Waals surface area contributed by atoms with Crippen molar-refractivity contribution in [3.05, 3.63) is 52.1 Å². The third-order valence-corrected chi connectivity index (χ3v) is 6.64. The van der Waals surface area contributed by atoms with Crippen molar-refractivity contribution in [1.29, 1.82) is 0 Å². The van der Waals surface area contributed by atoms with Crippen molar-refractivity contribution in [3.63, 3.8) is 0 Å². The number of halogens is 2. The molecule has 2 aliphatic rings. The first-order valence-corrected chi connectivity index (χ1v) is 11.7. The van der Waals surface area contributed by atoms with Gasteiger partial charge < -0.3 is 20.4 Å². The molecule has 168 valence electrons. The lowest BCUT2D eigenvalue weighted by Gasteiger charge is -2.22. The molecule has 4 heterocycles. The van der Waals surface area contributed by atoms with E-state index in [1.807, 2.05) is 29.2 Å². The third-order valence-electron chi connectivity index (χ3n) is 6.05. The monoisotopic (exact) mass is 473 g/mol. The molecular weight excluding hydrogens is 449 g/mol. The second-order valence-corrected chi connectivity index (χ2v) is 9.11. The molecule has 1 aromatic carbocycles. The number of likely N-dealkylation sites (tertiary alicyclic amines) is 1. The van der Waals surface area contributed by atoms with E-state index in [1.165, 1.54) is 0 Å². The van der Waals surface area contributed by atoms with Gasteiger partial charge in [0.05, 0.1) is 6.20 Å². The Morgan fingerprint density at radius 1 is 1.12 bits per heavy atom. The number of carbonyl (C=O) groups excluding carboxylic acids is 1. The minimum Gasteiger partial charge on any atom is -0.366 e. The molecule has 2 aromatic heterocycles. The maximum Gasteiger partial charge on any atom is 0.317 e. The van der Waals surface area contributed by atoms with Gasteiger partial charge in [-0.2, -0.15) is 9.61 Å². The second-order valence-electron chi connectivity index (χ2n) is 8.27. The Morgan fingerprint density at radius 3 is 2.78 bits per heavy atom. The van der Waals surface area contributed by atoms with Gasteiger partial charge >= 0.3 is 6.03 Å². The quantitative estimate of drug-likeness (QED) is 0.584. The summed E-state index contributed by atoms with van der Waals surface area (Å²) in [7, 11) is 0. The highest BCUT2D eigenvalue weighted by Gasteiger charge is 2.28. The highest BCUT2D eigenvalue weighted by Crippen LogP contribution is 2.25. The highest BCUT2D eigenvalue weighted by atomic mass is 35.5. The molecule has 0 bridgehead atoms. The Bertz CT molecular complexity index is 1130. The van der Waals surface area contributed by atoms with Crippen LogP contribution in [0.2, 0.25) is 10.0 Å². The number of nitrogens with zero attached hydrogens (tertiary/aromatic N) is 5. The number of hydrogen-bond acceptors (Lipinski definition) is 5. The average Bonchev–Trinajstić information content (AvgIpc) is 3.53. The van der Waals surface area contributed by atoms with Crippen LogP contribution in [0.3, 0.4) is 0 Å². The maximum atomic E-state index is 12.4. The number of nitrogens with one attached hydrogen (secondary N) is 2. The van der Waals surface area contributed by atoms with Gasteiger partial charge in [0.2, 0.25) is 0 Å². The number of carbonyl (C=O) groups is 1. The van der Waals surface area contributed by atoms with Gasteiger partial charge in [-0.25, -0.2) is 9.78 Å². The first-order chi connectivity index (χ1) is 15.6. The lowest BCUT2D eigenvalue weighted by atomic mass is 10.2. The van der Waals surface area contributed by atoms with E-state index >= 15 is 0 Å². The van der Waals surface area contributed by atoms with Crippen LogP contribution < -0.4 is 15.5 Å². The Morgan fingerprint density at radius 2 is 1.97 bits per heavy atom. The summed E-state index contributed by atoms with van der Waals surface area (Å²) in [6.07, 6.45) is 4.82.